The van der Waals surface area contributed by atoms with E-state index in [-0.39, 0.29) is 0 Å². The van der Waals surface area contributed by atoms with Gasteiger partial charge in [-0.1, -0.05) is 18.6 Å². The van der Waals surface area contributed by atoms with Crippen molar-refractivity contribution in [3.8, 4) is 5.75 Å². The molecule has 1 aromatic rings. The predicted octanol–water partition coefficient (Wildman–Crippen LogP) is 2.92. The van der Waals surface area contributed by atoms with E-state index in [1.54, 1.807) is 18.9 Å². The molecule has 4 heteroatoms. The molecule has 1 aliphatic carbocycles. The SMILES string of the molecule is COc1cccc(C2(C(=O)O)CCC2)c1SC. The lowest BCUT2D eigenvalue weighted by atomic mass is 9.64. The number of thioether (sulfide) groups is 1. The summed E-state index contributed by atoms with van der Waals surface area (Å²) in [6.45, 7) is 0. The average molecular weight is 252 g/mol. The van der Waals surface area contributed by atoms with E-state index in [0.29, 0.717) is 0 Å². The largest absolute Gasteiger partial charge is 0.496 e. The first-order valence-corrected chi connectivity index (χ1v) is 6.83. The van der Waals surface area contributed by atoms with Gasteiger partial charge in [-0.05, 0) is 30.7 Å². The molecule has 1 N–H and O–H groups in total. The number of rotatable bonds is 4. The number of hydrogen-bond donors (Lipinski definition) is 1. The first-order valence-electron chi connectivity index (χ1n) is 5.60. The minimum Gasteiger partial charge on any atom is -0.496 e. The lowest BCUT2D eigenvalue weighted by molar-refractivity contribution is -0.147. The van der Waals surface area contributed by atoms with Crippen molar-refractivity contribution in [1.82, 2.24) is 0 Å². The Hall–Kier alpha value is -1.16. The molecule has 0 aromatic heterocycles. The number of carboxylic acid groups (broad SMARTS) is 1. The molecule has 0 aliphatic heterocycles. The Labute approximate surface area is 105 Å². The summed E-state index contributed by atoms with van der Waals surface area (Å²) in [5.41, 5.74) is 0.218. The number of carbonyl (C=O) groups is 1. The number of methoxy groups -OCH3 is 1. The summed E-state index contributed by atoms with van der Waals surface area (Å²) in [5.74, 6) is 0.0508. The lowest BCUT2D eigenvalue weighted by Gasteiger charge is -2.39. The molecule has 17 heavy (non-hydrogen) atoms. The Morgan fingerprint density at radius 3 is 2.59 bits per heavy atom. The zero-order valence-electron chi connectivity index (χ0n) is 10.0. The second-order valence-electron chi connectivity index (χ2n) is 4.28. The summed E-state index contributed by atoms with van der Waals surface area (Å²) in [6.07, 6.45) is 4.39. The normalized spacial score (nSPS) is 17.3. The molecule has 0 heterocycles. The molecule has 1 aromatic carbocycles. The molecule has 0 radical (unpaired) electrons. The molecular weight excluding hydrogens is 236 g/mol. The van der Waals surface area contributed by atoms with Crippen LogP contribution < -0.4 is 4.74 Å². The second-order valence-corrected chi connectivity index (χ2v) is 5.10. The molecule has 0 saturated heterocycles. The third-order valence-corrected chi connectivity index (χ3v) is 4.36. The molecular formula is C13H16O3S. The number of ether oxygens (including phenoxy) is 1. The summed E-state index contributed by atoms with van der Waals surface area (Å²) < 4.78 is 5.31. The van der Waals surface area contributed by atoms with Crippen LogP contribution in [0.4, 0.5) is 0 Å². The molecule has 1 fully saturated rings. The first kappa shape index (κ1) is 12.3. The van der Waals surface area contributed by atoms with Crippen molar-refractivity contribution < 1.29 is 14.6 Å². The highest BCUT2D eigenvalue weighted by atomic mass is 32.2. The van der Waals surface area contributed by atoms with Crippen molar-refractivity contribution in [2.24, 2.45) is 0 Å². The van der Waals surface area contributed by atoms with Crippen molar-refractivity contribution in [1.29, 1.82) is 0 Å². The van der Waals surface area contributed by atoms with E-state index < -0.39 is 11.4 Å². The zero-order chi connectivity index (χ0) is 12.5. The summed E-state index contributed by atoms with van der Waals surface area (Å²) in [7, 11) is 1.62. The molecule has 1 saturated carbocycles. The van der Waals surface area contributed by atoms with Gasteiger partial charge in [0.25, 0.3) is 0 Å². The highest BCUT2D eigenvalue weighted by Gasteiger charge is 2.47. The van der Waals surface area contributed by atoms with Crippen molar-refractivity contribution in [3.63, 3.8) is 0 Å². The molecule has 2 rings (SSSR count). The maximum atomic E-state index is 11.5. The van der Waals surface area contributed by atoms with Crippen molar-refractivity contribution >= 4 is 17.7 Å². The topological polar surface area (TPSA) is 46.5 Å². The van der Waals surface area contributed by atoms with E-state index in [1.165, 1.54) is 0 Å². The van der Waals surface area contributed by atoms with Crippen LogP contribution >= 0.6 is 11.8 Å². The zero-order valence-corrected chi connectivity index (χ0v) is 10.8. The number of benzene rings is 1. The molecule has 0 bridgehead atoms. The summed E-state index contributed by atoms with van der Waals surface area (Å²) in [4.78, 5) is 12.5. The van der Waals surface area contributed by atoms with Gasteiger partial charge in [0.15, 0.2) is 0 Å². The van der Waals surface area contributed by atoms with E-state index in [9.17, 15) is 9.90 Å². The molecule has 0 amide bonds. The number of aliphatic carboxylic acids is 1. The van der Waals surface area contributed by atoms with Crippen LogP contribution in [0.15, 0.2) is 23.1 Å². The van der Waals surface area contributed by atoms with Gasteiger partial charge >= 0.3 is 5.97 Å². The lowest BCUT2D eigenvalue weighted by Crippen LogP contribution is -2.42. The average Bonchev–Trinajstić information content (AvgIpc) is 2.26. The minimum atomic E-state index is -0.715. The van der Waals surface area contributed by atoms with Crippen molar-refractivity contribution in [2.45, 2.75) is 29.6 Å². The molecule has 0 spiro atoms. The van der Waals surface area contributed by atoms with Gasteiger partial charge < -0.3 is 9.84 Å². The smallest absolute Gasteiger partial charge is 0.314 e. The van der Waals surface area contributed by atoms with Crippen LogP contribution in [-0.4, -0.2) is 24.4 Å². The third kappa shape index (κ3) is 1.80. The molecule has 0 unspecified atom stereocenters. The fraction of sp³-hybridized carbons (Fsp3) is 0.462. The highest BCUT2D eigenvalue weighted by Crippen LogP contribution is 2.48. The van der Waals surface area contributed by atoms with Crippen LogP contribution in [0, 0.1) is 0 Å². The van der Waals surface area contributed by atoms with Crippen LogP contribution in [0.5, 0.6) is 5.75 Å². The van der Waals surface area contributed by atoms with E-state index in [2.05, 4.69) is 0 Å². The van der Waals surface area contributed by atoms with Gasteiger partial charge in [-0.25, -0.2) is 0 Å². The van der Waals surface area contributed by atoms with Crippen LogP contribution in [0.2, 0.25) is 0 Å². The fourth-order valence-electron chi connectivity index (χ4n) is 2.39. The minimum absolute atomic E-state index is 0.688. The van der Waals surface area contributed by atoms with Crippen molar-refractivity contribution in [2.75, 3.05) is 13.4 Å². The maximum absolute atomic E-state index is 11.5. The van der Waals surface area contributed by atoms with Gasteiger partial charge in [0.1, 0.15) is 5.75 Å². The van der Waals surface area contributed by atoms with Crippen molar-refractivity contribution in [3.05, 3.63) is 23.8 Å². The monoisotopic (exact) mass is 252 g/mol. The fourth-order valence-corrected chi connectivity index (χ4v) is 3.23. The van der Waals surface area contributed by atoms with Gasteiger partial charge in [0, 0.05) is 0 Å². The highest BCUT2D eigenvalue weighted by molar-refractivity contribution is 7.98. The Balaban J connectivity index is 2.54. The molecule has 3 nitrogen and oxygen atoms in total. The maximum Gasteiger partial charge on any atom is 0.314 e. The van der Waals surface area contributed by atoms with E-state index in [1.807, 2.05) is 24.5 Å². The summed E-state index contributed by atoms with van der Waals surface area (Å²) in [6, 6.07) is 5.67. The van der Waals surface area contributed by atoms with Gasteiger partial charge in [-0.15, -0.1) is 11.8 Å². The first-order chi connectivity index (χ1) is 8.15. The van der Waals surface area contributed by atoms with Gasteiger partial charge in [-0.3, -0.25) is 4.79 Å². The molecule has 1 aliphatic rings. The Bertz CT molecular complexity index is 438. The summed E-state index contributed by atoms with van der Waals surface area (Å²) >= 11 is 1.55. The van der Waals surface area contributed by atoms with Crippen LogP contribution in [0.25, 0.3) is 0 Å². The third-order valence-electron chi connectivity index (χ3n) is 3.54. The van der Waals surface area contributed by atoms with Gasteiger partial charge in [0.2, 0.25) is 0 Å². The van der Waals surface area contributed by atoms with Crippen LogP contribution in [0.1, 0.15) is 24.8 Å². The van der Waals surface area contributed by atoms with E-state index in [0.717, 1.165) is 35.5 Å². The number of hydrogen-bond acceptors (Lipinski definition) is 3. The molecule has 0 atom stereocenters. The van der Waals surface area contributed by atoms with E-state index in [4.69, 9.17) is 4.74 Å². The Morgan fingerprint density at radius 1 is 1.47 bits per heavy atom. The predicted molar refractivity (Wildman–Crippen MR) is 67.9 cm³/mol. The van der Waals surface area contributed by atoms with E-state index >= 15 is 0 Å². The number of carboxylic acids is 1. The van der Waals surface area contributed by atoms with Crippen LogP contribution in [0.3, 0.4) is 0 Å². The Kier molecular flexibility index (Phi) is 3.33. The molecule has 92 valence electrons. The summed E-state index contributed by atoms with van der Waals surface area (Å²) in [5, 5.41) is 9.47. The Morgan fingerprint density at radius 2 is 2.18 bits per heavy atom. The van der Waals surface area contributed by atoms with Crippen LogP contribution in [-0.2, 0) is 10.2 Å². The standard InChI is InChI=1S/C13H16O3S/c1-16-10-6-3-5-9(11(10)17-2)13(12(14)15)7-4-8-13/h3,5-6H,4,7-8H2,1-2H3,(H,14,15). The quantitative estimate of drug-likeness (QED) is 0.837. The second kappa shape index (κ2) is 4.61. The van der Waals surface area contributed by atoms with Gasteiger partial charge in [-0.2, -0.15) is 0 Å². The van der Waals surface area contributed by atoms with Gasteiger partial charge in [0.05, 0.1) is 17.4 Å².